The van der Waals surface area contributed by atoms with Gasteiger partial charge in [-0.1, -0.05) is 12.1 Å². The van der Waals surface area contributed by atoms with Gasteiger partial charge in [0.15, 0.2) is 5.96 Å². The Hall–Kier alpha value is -1.66. The summed E-state index contributed by atoms with van der Waals surface area (Å²) in [6.07, 6.45) is 5.55. The largest absolute Gasteiger partial charge is 0.381 e. The van der Waals surface area contributed by atoms with Gasteiger partial charge in [0.1, 0.15) is 5.82 Å². The maximum Gasteiger partial charge on any atom is 0.191 e. The molecule has 27 heavy (non-hydrogen) atoms. The fraction of sp³-hybridized carbons (Fsp3) is 0.667. The van der Waals surface area contributed by atoms with E-state index in [1.54, 1.807) is 0 Å². The van der Waals surface area contributed by atoms with Crippen LogP contribution in [0.2, 0.25) is 0 Å². The van der Waals surface area contributed by atoms with Crippen LogP contribution >= 0.6 is 0 Å². The Labute approximate surface area is 162 Å². The summed E-state index contributed by atoms with van der Waals surface area (Å²) in [5, 5.41) is 6.78. The van der Waals surface area contributed by atoms with Gasteiger partial charge in [0.05, 0.1) is 6.54 Å². The Morgan fingerprint density at radius 2 is 1.85 bits per heavy atom. The summed E-state index contributed by atoms with van der Waals surface area (Å²) in [5.41, 5.74) is 1.27. The molecule has 2 saturated heterocycles. The van der Waals surface area contributed by atoms with E-state index in [1.807, 2.05) is 12.1 Å². The van der Waals surface area contributed by atoms with Gasteiger partial charge in [-0.15, -0.1) is 0 Å². The number of nitrogens with one attached hydrogen (secondary N) is 2. The third-order valence-corrected chi connectivity index (χ3v) is 5.70. The highest BCUT2D eigenvalue weighted by molar-refractivity contribution is 5.79. The normalized spacial score (nSPS) is 20.6. The topological polar surface area (TPSA) is 48.9 Å². The Balaban J connectivity index is 1.58. The maximum absolute atomic E-state index is 13.0. The zero-order valence-corrected chi connectivity index (χ0v) is 16.5. The number of benzene rings is 1. The van der Waals surface area contributed by atoms with E-state index in [0.29, 0.717) is 0 Å². The minimum Gasteiger partial charge on any atom is -0.381 e. The molecule has 3 rings (SSSR count). The first-order valence-electron chi connectivity index (χ1n) is 10.3. The van der Waals surface area contributed by atoms with Crippen LogP contribution in [0.25, 0.3) is 0 Å². The lowest BCUT2D eigenvalue weighted by molar-refractivity contribution is -0.0139. The molecule has 5 nitrogen and oxygen atoms in total. The molecule has 0 bridgehead atoms. The number of hydrogen-bond donors (Lipinski definition) is 2. The molecule has 2 aliphatic rings. The van der Waals surface area contributed by atoms with Gasteiger partial charge in [0.25, 0.3) is 0 Å². The van der Waals surface area contributed by atoms with Gasteiger partial charge in [-0.25, -0.2) is 4.39 Å². The van der Waals surface area contributed by atoms with Gasteiger partial charge in [-0.2, -0.15) is 0 Å². The van der Waals surface area contributed by atoms with E-state index in [1.165, 1.54) is 38.1 Å². The zero-order valence-electron chi connectivity index (χ0n) is 16.5. The molecule has 0 radical (unpaired) electrons. The zero-order chi connectivity index (χ0) is 19.0. The fourth-order valence-electron chi connectivity index (χ4n) is 4.06. The summed E-state index contributed by atoms with van der Waals surface area (Å²) in [6, 6.07) is 6.70. The van der Waals surface area contributed by atoms with Crippen LogP contribution in [0.3, 0.4) is 0 Å². The third kappa shape index (κ3) is 5.66. The number of guanidine groups is 1. The summed E-state index contributed by atoms with van der Waals surface area (Å²) in [6.45, 7) is 8.54. The van der Waals surface area contributed by atoms with Gasteiger partial charge < -0.3 is 15.4 Å². The first-order valence-corrected chi connectivity index (χ1v) is 10.3. The lowest BCUT2D eigenvalue weighted by Gasteiger charge is -2.43. The van der Waals surface area contributed by atoms with Gasteiger partial charge in [-0.3, -0.25) is 9.89 Å². The first kappa shape index (κ1) is 20.1. The number of rotatable bonds is 7. The van der Waals surface area contributed by atoms with Crippen LogP contribution in [0.5, 0.6) is 0 Å². The number of aliphatic imine (C=N–C) groups is 1. The summed E-state index contributed by atoms with van der Waals surface area (Å²) in [5.74, 6) is 0.676. The van der Waals surface area contributed by atoms with E-state index in [2.05, 4.69) is 22.5 Å². The predicted octanol–water partition coefficient (Wildman–Crippen LogP) is 2.57. The quantitative estimate of drug-likeness (QED) is 0.567. The lowest BCUT2D eigenvalue weighted by atomic mass is 9.88. The molecule has 0 amide bonds. The van der Waals surface area contributed by atoms with E-state index < -0.39 is 0 Å². The van der Waals surface area contributed by atoms with E-state index in [-0.39, 0.29) is 11.4 Å². The Kier molecular flexibility index (Phi) is 7.47. The van der Waals surface area contributed by atoms with Crippen LogP contribution in [0.15, 0.2) is 29.3 Å². The molecule has 0 saturated carbocycles. The van der Waals surface area contributed by atoms with E-state index in [4.69, 9.17) is 9.73 Å². The number of ether oxygens (including phenoxy) is 1. The number of likely N-dealkylation sites (tertiary alicyclic amines) is 1. The van der Waals surface area contributed by atoms with Crippen LogP contribution in [0.4, 0.5) is 4.39 Å². The second-order valence-corrected chi connectivity index (χ2v) is 7.53. The van der Waals surface area contributed by atoms with Crippen molar-refractivity contribution in [2.75, 3.05) is 45.9 Å². The molecule has 6 heteroatoms. The minimum absolute atomic E-state index is 0.147. The highest BCUT2D eigenvalue weighted by Crippen LogP contribution is 2.31. The van der Waals surface area contributed by atoms with Crippen molar-refractivity contribution in [3.8, 4) is 0 Å². The Morgan fingerprint density at radius 3 is 2.52 bits per heavy atom. The van der Waals surface area contributed by atoms with E-state index >= 15 is 0 Å². The molecule has 1 aromatic rings. The van der Waals surface area contributed by atoms with Gasteiger partial charge >= 0.3 is 0 Å². The van der Waals surface area contributed by atoms with Crippen molar-refractivity contribution in [1.29, 1.82) is 0 Å². The third-order valence-electron chi connectivity index (χ3n) is 5.70. The van der Waals surface area contributed by atoms with Crippen molar-refractivity contribution < 1.29 is 9.13 Å². The lowest BCUT2D eigenvalue weighted by Crippen LogP contribution is -2.54. The van der Waals surface area contributed by atoms with Gasteiger partial charge in [0, 0.05) is 31.8 Å². The van der Waals surface area contributed by atoms with E-state index in [9.17, 15) is 4.39 Å². The monoisotopic (exact) mass is 376 g/mol. The van der Waals surface area contributed by atoms with E-state index in [0.717, 1.165) is 63.6 Å². The standard InChI is InChI=1S/C21H33FN4O/c1-2-23-20(24-12-9-18-5-7-19(22)8-6-18)25-17-21(10-15-27-16-11-21)26-13-3-4-14-26/h5-8H,2-4,9-17H2,1H3,(H2,23,24,25). The minimum atomic E-state index is -0.190. The highest BCUT2D eigenvalue weighted by Gasteiger charge is 2.39. The van der Waals surface area contributed by atoms with Crippen molar-refractivity contribution in [1.82, 2.24) is 15.5 Å². The molecule has 2 heterocycles. The van der Waals surface area contributed by atoms with Crippen LogP contribution in [0.1, 0.15) is 38.2 Å². The van der Waals surface area contributed by atoms with Crippen molar-refractivity contribution in [2.45, 2.75) is 44.6 Å². The van der Waals surface area contributed by atoms with Crippen LogP contribution in [-0.4, -0.2) is 62.3 Å². The summed E-state index contributed by atoms with van der Waals surface area (Å²) in [4.78, 5) is 7.58. The number of halogens is 1. The molecule has 2 fully saturated rings. The Bertz CT molecular complexity index is 593. The van der Waals surface area contributed by atoms with Crippen LogP contribution in [0, 0.1) is 5.82 Å². The smallest absolute Gasteiger partial charge is 0.191 e. The first-order chi connectivity index (χ1) is 13.2. The summed E-state index contributed by atoms with van der Waals surface area (Å²) >= 11 is 0. The summed E-state index contributed by atoms with van der Waals surface area (Å²) in [7, 11) is 0. The molecule has 0 aromatic heterocycles. The number of nitrogens with zero attached hydrogens (tertiary/aromatic N) is 2. The molecule has 0 atom stereocenters. The molecule has 0 aliphatic carbocycles. The maximum atomic E-state index is 13.0. The van der Waals surface area contributed by atoms with Crippen molar-refractivity contribution in [3.05, 3.63) is 35.6 Å². The molecule has 1 aromatic carbocycles. The average Bonchev–Trinajstić information content (AvgIpc) is 3.24. The van der Waals surface area contributed by atoms with Crippen molar-refractivity contribution in [3.63, 3.8) is 0 Å². The van der Waals surface area contributed by atoms with Gasteiger partial charge in [-0.05, 0) is 69.8 Å². The molecular weight excluding hydrogens is 343 g/mol. The predicted molar refractivity (Wildman–Crippen MR) is 108 cm³/mol. The molecule has 2 N–H and O–H groups in total. The van der Waals surface area contributed by atoms with Crippen molar-refractivity contribution >= 4 is 5.96 Å². The molecule has 2 aliphatic heterocycles. The second kappa shape index (κ2) is 10.0. The average molecular weight is 377 g/mol. The number of hydrogen-bond acceptors (Lipinski definition) is 3. The second-order valence-electron chi connectivity index (χ2n) is 7.53. The summed E-state index contributed by atoms with van der Waals surface area (Å²) < 4.78 is 18.6. The highest BCUT2D eigenvalue weighted by atomic mass is 19.1. The Morgan fingerprint density at radius 1 is 1.15 bits per heavy atom. The van der Waals surface area contributed by atoms with Crippen LogP contribution in [-0.2, 0) is 11.2 Å². The molecule has 150 valence electrons. The van der Waals surface area contributed by atoms with Crippen LogP contribution < -0.4 is 10.6 Å². The van der Waals surface area contributed by atoms with Gasteiger partial charge in [0.2, 0.25) is 0 Å². The molecule has 0 spiro atoms. The van der Waals surface area contributed by atoms with Crippen molar-refractivity contribution in [2.24, 2.45) is 4.99 Å². The molecule has 0 unspecified atom stereocenters. The fourth-order valence-corrected chi connectivity index (χ4v) is 4.06. The SMILES string of the molecule is CCNC(=NCC1(N2CCCC2)CCOCC1)NCCc1ccc(F)cc1. The molecular formula is C21H33FN4O.